The van der Waals surface area contributed by atoms with Gasteiger partial charge in [-0.2, -0.15) is 4.31 Å². The van der Waals surface area contributed by atoms with Gasteiger partial charge < -0.3 is 13.9 Å². The fourth-order valence-corrected chi connectivity index (χ4v) is 4.51. The minimum Gasteiger partial charge on any atom is -0.461 e. The van der Waals surface area contributed by atoms with Crippen LogP contribution in [0.15, 0.2) is 23.5 Å². The van der Waals surface area contributed by atoms with Crippen molar-refractivity contribution in [2.45, 2.75) is 31.8 Å². The number of carbonyl (C=O) groups is 1. The van der Waals surface area contributed by atoms with E-state index in [4.69, 9.17) is 4.74 Å². The molecule has 0 amide bonds. The van der Waals surface area contributed by atoms with E-state index in [9.17, 15) is 13.2 Å². The Morgan fingerprint density at radius 3 is 2.83 bits per heavy atom. The molecule has 9 heteroatoms. The molecule has 0 unspecified atom stereocenters. The summed E-state index contributed by atoms with van der Waals surface area (Å²) in [5, 5.41) is 0. The lowest BCUT2D eigenvalue weighted by atomic mass is 10.4. The average molecular weight is 352 g/mol. The molecule has 2 aromatic rings. The number of hydrogen-bond acceptors (Lipinski definition) is 5. The van der Waals surface area contributed by atoms with Gasteiger partial charge in [-0.25, -0.2) is 18.2 Å². The van der Waals surface area contributed by atoms with Gasteiger partial charge in [0.25, 0.3) is 0 Å². The van der Waals surface area contributed by atoms with Gasteiger partial charge in [0.2, 0.25) is 10.0 Å². The van der Waals surface area contributed by atoms with E-state index in [1.807, 2.05) is 4.57 Å². The summed E-state index contributed by atoms with van der Waals surface area (Å²) in [6.07, 6.45) is 3.37. The van der Waals surface area contributed by atoms with Gasteiger partial charge in [0.05, 0.1) is 25.2 Å². The Morgan fingerprint density at radius 2 is 2.12 bits per heavy atom. The fraction of sp³-hybridized carbons (Fsp3) is 0.467. The van der Waals surface area contributed by atoms with E-state index < -0.39 is 16.0 Å². The highest BCUT2D eigenvalue weighted by molar-refractivity contribution is 7.89. The van der Waals surface area contributed by atoms with Crippen LogP contribution >= 0.6 is 0 Å². The lowest BCUT2D eigenvalue weighted by molar-refractivity contribution is 0.0515. The van der Waals surface area contributed by atoms with Gasteiger partial charge in [-0.3, -0.25) is 0 Å². The maximum Gasteiger partial charge on any atom is 0.354 e. The molecule has 1 aliphatic heterocycles. The van der Waals surface area contributed by atoms with Crippen molar-refractivity contribution in [3.05, 3.63) is 35.7 Å². The molecule has 130 valence electrons. The van der Waals surface area contributed by atoms with Gasteiger partial charge in [-0.15, -0.1) is 0 Å². The molecule has 24 heavy (non-hydrogen) atoms. The second-order valence-corrected chi connectivity index (χ2v) is 7.58. The van der Waals surface area contributed by atoms with Crippen LogP contribution in [0.5, 0.6) is 0 Å². The van der Waals surface area contributed by atoms with Gasteiger partial charge in [-0.1, -0.05) is 0 Å². The van der Waals surface area contributed by atoms with Crippen molar-refractivity contribution in [2.75, 3.05) is 13.2 Å². The van der Waals surface area contributed by atoms with Crippen molar-refractivity contribution >= 4 is 16.0 Å². The van der Waals surface area contributed by atoms with Crippen molar-refractivity contribution in [3.63, 3.8) is 0 Å². The summed E-state index contributed by atoms with van der Waals surface area (Å²) in [7, 11) is -2.04. The Morgan fingerprint density at radius 1 is 1.38 bits per heavy atom. The molecule has 0 atom stereocenters. The molecule has 0 bridgehead atoms. The summed E-state index contributed by atoms with van der Waals surface area (Å²) in [4.78, 5) is 16.2. The maximum atomic E-state index is 13.0. The first-order valence-corrected chi connectivity index (χ1v) is 9.13. The number of rotatable bonds is 4. The molecule has 0 saturated heterocycles. The number of fused-ring (bicyclic) bond motifs is 1. The van der Waals surface area contributed by atoms with E-state index in [1.165, 1.54) is 10.4 Å². The molecule has 0 spiro atoms. The van der Waals surface area contributed by atoms with Crippen LogP contribution in [0.1, 0.15) is 28.8 Å². The van der Waals surface area contributed by atoms with Crippen LogP contribution in [0.4, 0.5) is 0 Å². The van der Waals surface area contributed by atoms with Crippen LogP contribution in [0.25, 0.3) is 0 Å². The quantitative estimate of drug-likeness (QED) is 0.764. The number of nitrogens with zero attached hydrogens (tertiary/aromatic N) is 4. The molecule has 8 nitrogen and oxygen atoms in total. The van der Waals surface area contributed by atoms with E-state index in [-0.39, 0.29) is 23.7 Å². The highest BCUT2D eigenvalue weighted by atomic mass is 32.2. The zero-order valence-electron chi connectivity index (χ0n) is 13.9. The number of aromatic nitrogens is 3. The number of carbonyl (C=O) groups excluding carboxylic acids is 1. The first-order valence-electron chi connectivity index (χ1n) is 7.68. The molecule has 3 heterocycles. The highest BCUT2D eigenvalue weighted by Gasteiger charge is 2.32. The van der Waals surface area contributed by atoms with E-state index in [2.05, 4.69) is 4.98 Å². The van der Waals surface area contributed by atoms with Crippen molar-refractivity contribution in [2.24, 2.45) is 7.05 Å². The van der Waals surface area contributed by atoms with Gasteiger partial charge in [-0.05, 0) is 19.9 Å². The first-order chi connectivity index (χ1) is 11.4. The molecular weight excluding hydrogens is 332 g/mol. The Labute approximate surface area is 140 Å². The Kier molecular flexibility index (Phi) is 4.22. The molecule has 2 aromatic heterocycles. The van der Waals surface area contributed by atoms with E-state index in [0.29, 0.717) is 18.8 Å². The number of ether oxygens (including phenoxy) is 1. The Balaban J connectivity index is 1.96. The Hall–Kier alpha value is -2.13. The molecular formula is C15H20N4O4S. The molecule has 1 aliphatic rings. The number of sulfonamides is 1. The summed E-state index contributed by atoms with van der Waals surface area (Å²) in [6.45, 7) is 4.83. The fourth-order valence-electron chi connectivity index (χ4n) is 2.84. The molecule has 0 N–H and O–H groups in total. The summed E-state index contributed by atoms with van der Waals surface area (Å²) < 4.78 is 35.9. The van der Waals surface area contributed by atoms with Crippen LogP contribution in [0.3, 0.4) is 0 Å². The minimum absolute atomic E-state index is 0.140. The number of imidazole rings is 1. The van der Waals surface area contributed by atoms with Crippen molar-refractivity contribution in [3.8, 4) is 0 Å². The monoisotopic (exact) mass is 352 g/mol. The maximum absolute atomic E-state index is 13.0. The summed E-state index contributed by atoms with van der Waals surface area (Å²) in [5.74, 6) is -0.527. The van der Waals surface area contributed by atoms with Crippen LogP contribution in [-0.4, -0.2) is 46.0 Å². The van der Waals surface area contributed by atoms with Crippen molar-refractivity contribution in [1.82, 2.24) is 18.4 Å². The molecule has 0 saturated carbocycles. The SMILES string of the molecule is CCOC(=O)c1cc(S(=O)(=O)N2CCn3cncc3C2)c(C)n1C. The second kappa shape index (κ2) is 6.06. The largest absolute Gasteiger partial charge is 0.461 e. The van der Waals surface area contributed by atoms with Gasteiger partial charge in [0, 0.05) is 32.0 Å². The van der Waals surface area contributed by atoms with Crippen molar-refractivity contribution in [1.29, 1.82) is 0 Å². The third kappa shape index (κ3) is 2.63. The molecule has 3 rings (SSSR count). The lowest BCUT2D eigenvalue weighted by Gasteiger charge is -2.27. The summed E-state index contributed by atoms with van der Waals surface area (Å²) >= 11 is 0. The predicted molar refractivity (Wildman–Crippen MR) is 85.9 cm³/mol. The lowest BCUT2D eigenvalue weighted by Crippen LogP contribution is -2.38. The van der Waals surface area contributed by atoms with E-state index in [0.717, 1.165) is 5.69 Å². The second-order valence-electron chi connectivity index (χ2n) is 5.68. The minimum atomic E-state index is -3.70. The third-order valence-electron chi connectivity index (χ3n) is 4.32. The van der Waals surface area contributed by atoms with Gasteiger partial charge in [0.15, 0.2) is 0 Å². The summed E-state index contributed by atoms with van der Waals surface area (Å²) in [6, 6.07) is 1.40. The van der Waals surface area contributed by atoms with E-state index in [1.54, 1.807) is 38.0 Å². The highest BCUT2D eigenvalue weighted by Crippen LogP contribution is 2.26. The van der Waals surface area contributed by atoms with Crippen LogP contribution in [-0.2, 0) is 34.9 Å². The third-order valence-corrected chi connectivity index (χ3v) is 6.28. The Bertz CT molecular complexity index is 881. The molecule has 0 radical (unpaired) electrons. The molecule has 0 fully saturated rings. The van der Waals surface area contributed by atoms with Crippen LogP contribution < -0.4 is 0 Å². The first kappa shape index (κ1) is 16.7. The van der Waals surface area contributed by atoms with Crippen LogP contribution in [0.2, 0.25) is 0 Å². The molecule has 0 aliphatic carbocycles. The van der Waals surface area contributed by atoms with Gasteiger partial charge in [0.1, 0.15) is 10.6 Å². The summed E-state index contributed by atoms with van der Waals surface area (Å²) in [5.41, 5.74) is 1.59. The zero-order valence-corrected chi connectivity index (χ0v) is 14.7. The smallest absolute Gasteiger partial charge is 0.354 e. The zero-order chi connectivity index (χ0) is 17.5. The van der Waals surface area contributed by atoms with Gasteiger partial charge >= 0.3 is 5.97 Å². The van der Waals surface area contributed by atoms with E-state index >= 15 is 0 Å². The standard InChI is InChI=1S/C15H20N4O4S/c1-4-23-15(20)13-7-14(11(2)17(13)3)24(21,22)19-6-5-18-10-16-8-12(18)9-19/h7-8,10H,4-6,9H2,1-3H3. The predicted octanol–water partition coefficient (Wildman–Crippen LogP) is 0.911. The van der Waals surface area contributed by atoms with Crippen LogP contribution in [0, 0.1) is 6.92 Å². The normalized spacial score (nSPS) is 15.3. The number of esters is 1. The van der Waals surface area contributed by atoms with Crippen molar-refractivity contribution < 1.29 is 17.9 Å². The number of hydrogen-bond donors (Lipinski definition) is 0. The molecule has 0 aromatic carbocycles. The average Bonchev–Trinajstić information content (AvgIpc) is 3.12. The topological polar surface area (TPSA) is 86.4 Å².